The minimum Gasteiger partial charge on any atom is -0.493 e. The summed E-state index contributed by atoms with van der Waals surface area (Å²) in [5.41, 5.74) is 0.861. The topological polar surface area (TPSA) is 35.5 Å². The van der Waals surface area contributed by atoms with Gasteiger partial charge in [-0.15, -0.1) is 0 Å². The summed E-state index contributed by atoms with van der Waals surface area (Å²) in [6.45, 7) is 1.54. The average molecular weight is 273 g/mol. The molecule has 0 heterocycles. The molecule has 0 spiro atoms. The van der Waals surface area contributed by atoms with Crippen molar-refractivity contribution in [3.05, 3.63) is 23.8 Å². The maximum absolute atomic E-state index is 11.2. The molecule has 0 saturated carbocycles. The molecule has 4 heteroatoms. The van der Waals surface area contributed by atoms with Crippen molar-refractivity contribution >= 4 is 21.7 Å². The number of methoxy groups -OCH3 is 2. The number of carbonyl (C=O) groups is 1. The minimum absolute atomic E-state index is 0.0576. The quantitative estimate of drug-likeness (QED) is 0.791. The van der Waals surface area contributed by atoms with Crippen LogP contribution in [0.3, 0.4) is 0 Å². The molecule has 0 radical (unpaired) electrons. The van der Waals surface area contributed by atoms with Crippen molar-refractivity contribution in [1.82, 2.24) is 0 Å². The van der Waals surface area contributed by atoms with Gasteiger partial charge in [-0.05, 0) is 24.6 Å². The zero-order valence-corrected chi connectivity index (χ0v) is 10.5. The lowest BCUT2D eigenvalue weighted by atomic mass is 10.1. The smallest absolute Gasteiger partial charge is 0.161 e. The molecular weight excluding hydrogens is 260 g/mol. The van der Waals surface area contributed by atoms with E-state index >= 15 is 0 Å². The van der Waals surface area contributed by atoms with Gasteiger partial charge in [0.25, 0.3) is 0 Å². The summed E-state index contributed by atoms with van der Waals surface area (Å²) in [6.07, 6.45) is 0. The largest absolute Gasteiger partial charge is 0.493 e. The van der Waals surface area contributed by atoms with Crippen molar-refractivity contribution in [3.8, 4) is 11.5 Å². The average Bonchev–Trinajstić information content (AvgIpc) is 2.26. The molecule has 0 aliphatic rings. The minimum atomic E-state index is -0.294. The predicted octanol–water partition coefficient (Wildman–Crippen LogP) is 2.73. The molecule has 0 aromatic heterocycles. The number of hydrogen-bond donors (Lipinski definition) is 0. The van der Waals surface area contributed by atoms with Gasteiger partial charge < -0.3 is 9.47 Å². The molecule has 0 amide bonds. The molecule has 0 aliphatic carbocycles. The SMILES string of the molecule is COc1ccc(C(Br)C(C)=O)cc1OC. The summed E-state index contributed by atoms with van der Waals surface area (Å²) >= 11 is 3.31. The van der Waals surface area contributed by atoms with Gasteiger partial charge in [0.15, 0.2) is 11.5 Å². The van der Waals surface area contributed by atoms with Crippen LogP contribution in [0, 0.1) is 0 Å². The highest BCUT2D eigenvalue weighted by Crippen LogP contribution is 2.33. The summed E-state index contributed by atoms with van der Waals surface area (Å²) in [7, 11) is 3.15. The fraction of sp³-hybridized carbons (Fsp3) is 0.364. The second kappa shape index (κ2) is 5.16. The highest BCUT2D eigenvalue weighted by atomic mass is 79.9. The van der Waals surface area contributed by atoms with Crippen molar-refractivity contribution < 1.29 is 14.3 Å². The van der Waals surface area contributed by atoms with Crippen molar-refractivity contribution in [2.75, 3.05) is 14.2 Å². The van der Waals surface area contributed by atoms with Crippen LogP contribution in [0.1, 0.15) is 17.3 Å². The van der Waals surface area contributed by atoms with Crippen LogP contribution >= 0.6 is 15.9 Å². The molecule has 0 fully saturated rings. The molecule has 1 unspecified atom stereocenters. The van der Waals surface area contributed by atoms with E-state index in [1.54, 1.807) is 26.4 Å². The second-order valence-electron chi connectivity index (χ2n) is 3.09. The number of rotatable bonds is 4. The number of alkyl halides is 1. The molecule has 1 aromatic rings. The van der Waals surface area contributed by atoms with Gasteiger partial charge in [-0.2, -0.15) is 0 Å². The Labute approximate surface area is 97.5 Å². The second-order valence-corrected chi connectivity index (χ2v) is 4.00. The van der Waals surface area contributed by atoms with Gasteiger partial charge in [0, 0.05) is 0 Å². The van der Waals surface area contributed by atoms with Crippen LogP contribution in [0.25, 0.3) is 0 Å². The number of Topliss-reactive ketones (excluding diaryl/α,β-unsaturated/α-hetero) is 1. The first-order valence-electron chi connectivity index (χ1n) is 4.46. The number of ether oxygens (including phenoxy) is 2. The van der Waals surface area contributed by atoms with Crippen LogP contribution in [-0.4, -0.2) is 20.0 Å². The fourth-order valence-electron chi connectivity index (χ4n) is 1.25. The predicted molar refractivity (Wildman–Crippen MR) is 61.9 cm³/mol. The first-order chi connectivity index (χ1) is 7.10. The van der Waals surface area contributed by atoms with E-state index in [1.807, 2.05) is 6.07 Å². The van der Waals surface area contributed by atoms with Gasteiger partial charge in [-0.25, -0.2) is 0 Å². The van der Waals surface area contributed by atoms with E-state index in [0.29, 0.717) is 11.5 Å². The third kappa shape index (κ3) is 2.72. The molecule has 1 aromatic carbocycles. The first-order valence-corrected chi connectivity index (χ1v) is 5.38. The van der Waals surface area contributed by atoms with Gasteiger partial charge >= 0.3 is 0 Å². The lowest BCUT2D eigenvalue weighted by Gasteiger charge is -2.11. The lowest BCUT2D eigenvalue weighted by molar-refractivity contribution is -0.116. The molecule has 0 bridgehead atoms. The number of ketones is 1. The van der Waals surface area contributed by atoms with Gasteiger partial charge in [0.05, 0.1) is 19.0 Å². The summed E-state index contributed by atoms with van der Waals surface area (Å²) in [5.74, 6) is 1.34. The standard InChI is InChI=1S/C11H13BrO3/c1-7(13)11(12)8-4-5-9(14-2)10(6-8)15-3/h4-6,11H,1-3H3. The summed E-state index contributed by atoms with van der Waals surface area (Å²) in [4.78, 5) is 10.9. The normalized spacial score (nSPS) is 12.0. The van der Waals surface area contributed by atoms with Gasteiger partial charge in [0.2, 0.25) is 0 Å². The summed E-state index contributed by atoms with van der Waals surface area (Å²) < 4.78 is 10.3. The molecular formula is C11H13BrO3. The van der Waals surface area contributed by atoms with Gasteiger partial charge in [0.1, 0.15) is 5.78 Å². The first kappa shape index (κ1) is 12.0. The number of benzene rings is 1. The Balaban J connectivity index is 3.07. The maximum atomic E-state index is 11.2. The van der Waals surface area contributed by atoms with Crippen LogP contribution in [-0.2, 0) is 4.79 Å². The molecule has 3 nitrogen and oxygen atoms in total. The van der Waals surface area contributed by atoms with Crippen LogP contribution in [0.4, 0.5) is 0 Å². The molecule has 0 N–H and O–H groups in total. The van der Waals surface area contributed by atoms with Gasteiger partial charge in [-0.3, -0.25) is 4.79 Å². The van der Waals surface area contributed by atoms with Crippen LogP contribution in [0.2, 0.25) is 0 Å². The van der Waals surface area contributed by atoms with E-state index in [0.717, 1.165) is 5.56 Å². The summed E-state index contributed by atoms with van der Waals surface area (Å²) in [5, 5.41) is 0. The fourth-order valence-corrected chi connectivity index (χ4v) is 1.53. The number of halogens is 1. The molecule has 1 atom stereocenters. The van der Waals surface area contributed by atoms with E-state index in [4.69, 9.17) is 9.47 Å². The van der Waals surface area contributed by atoms with E-state index < -0.39 is 0 Å². The Kier molecular flexibility index (Phi) is 4.15. The number of hydrogen-bond acceptors (Lipinski definition) is 3. The van der Waals surface area contributed by atoms with Gasteiger partial charge in [-0.1, -0.05) is 22.0 Å². The Hall–Kier alpha value is -1.03. The maximum Gasteiger partial charge on any atom is 0.161 e. The van der Waals surface area contributed by atoms with E-state index in [-0.39, 0.29) is 10.6 Å². The van der Waals surface area contributed by atoms with E-state index in [2.05, 4.69) is 15.9 Å². The Morgan fingerprint density at radius 1 is 1.27 bits per heavy atom. The monoisotopic (exact) mass is 272 g/mol. The lowest BCUT2D eigenvalue weighted by Crippen LogP contribution is -2.01. The summed E-state index contributed by atoms with van der Waals surface area (Å²) in [6, 6.07) is 5.41. The van der Waals surface area contributed by atoms with E-state index in [9.17, 15) is 4.79 Å². The van der Waals surface area contributed by atoms with Crippen molar-refractivity contribution in [2.45, 2.75) is 11.8 Å². The molecule has 1 rings (SSSR count). The highest BCUT2D eigenvalue weighted by molar-refractivity contribution is 9.09. The van der Waals surface area contributed by atoms with Crippen LogP contribution in [0.5, 0.6) is 11.5 Å². The molecule has 15 heavy (non-hydrogen) atoms. The van der Waals surface area contributed by atoms with Crippen LogP contribution in [0.15, 0.2) is 18.2 Å². The van der Waals surface area contributed by atoms with Crippen molar-refractivity contribution in [3.63, 3.8) is 0 Å². The molecule has 0 aliphatic heterocycles. The number of carbonyl (C=O) groups excluding carboxylic acids is 1. The van der Waals surface area contributed by atoms with Crippen molar-refractivity contribution in [1.29, 1.82) is 0 Å². The molecule has 82 valence electrons. The van der Waals surface area contributed by atoms with Crippen molar-refractivity contribution in [2.24, 2.45) is 0 Å². The zero-order valence-electron chi connectivity index (χ0n) is 8.91. The third-order valence-corrected chi connectivity index (χ3v) is 3.23. The third-order valence-electron chi connectivity index (χ3n) is 2.06. The van der Waals surface area contributed by atoms with Crippen LogP contribution < -0.4 is 9.47 Å². The zero-order chi connectivity index (χ0) is 11.4. The Morgan fingerprint density at radius 3 is 2.33 bits per heavy atom. The molecule has 0 saturated heterocycles. The Bertz CT molecular complexity index is 363. The highest BCUT2D eigenvalue weighted by Gasteiger charge is 2.14. The Morgan fingerprint density at radius 2 is 1.87 bits per heavy atom. The van der Waals surface area contributed by atoms with E-state index in [1.165, 1.54) is 6.92 Å².